The van der Waals surface area contributed by atoms with E-state index in [2.05, 4.69) is 22.9 Å². The van der Waals surface area contributed by atoms with Gasteiger partial charge in [0.1, 0.15) is 0 Å². The van der Waals surface area contributed by atoms with Crippen molar-refractivity contribution in [2.75, 3.05) is 16.8 Å². The van der Waals surface area contributed by atoms with Crippen molar-refractivity contribution in [2.24, 2.45) is 5.41 Å². The predicted octanol–water partition coefficient (Wildman–Crippen LogP) is 2.77. The van der Waals surface area contributed by atoms with Gasteiger partial charge in [-0.15, -0.1) is 0 Å². The molecule has 1 fully saturated rings. The molecule has 0 aliphatic heterocycles. The number of sulfone groups is 1. The van der Waals surface area contributed by atoms with Crippen LogP contribution in [0.3, 0.4) is 0 Å². The van der Waals surface area contributed by atoms with E-state index in [1.54, 1.807) is 0 Å². The summed E-state index contributed by atoms with van der Waals surface area (Å²) in [5.74, 6) is 0.782. The van der Waals surface area contributed by atoms with Crippen molar-refractivity contribution in [2.45, 2.75) is 39.0 Å². The fourth-order valence-electron chi connectivity index (χ4n) is 1.60. The molecule has 0 heterocycles. The van der Waals surface area contributed by atoms with Gasteiger partial charge in [-0.3, -0.25) is 0 Å². The quantitative estimate of drug-likeness (QED) is 0.532. The standard InChI is InChI=1S/C10H19BrO2S/c1-2-3-4-7-14(12,13)9-10(8-11)5-6-10/h2-9H2,1H3. The van der Waals surface area contributed by atoms with Gasteiger partial charge in [-0.25, -0.2) is 8.42 Å². The highest BCUT2D eigenvalue weighted by Gasteiger charge is 2.44. The summed E-state index contributed by atoms with van der Waals surface area (Å²) < 4.78 is 23.4. The molecule has 1 saturated carbocycles. The monoisotopic (exact) mass is 282 g/mol. The van der Waals surface area contributed by atoms with Crippen molar-refractivity contribution >= 4 is 25.8 Å². The molecule has 0 radical (unpaired) electrons. The predicted molar refractivity (Wildman–Crippen MR) is 63.6 cm³/mol. The zero-order chi connectivity index (χ0) is 10.7. The minimum Gasteiger partial charge on any atom is -0.229 e. The Labute approximate surface area is 95.5 Å². The van der Waals surface area contributed by atoms with Gasteiger partial charge in [-0.1, -0.05) is 35.7 Å². The zero-order valence-electron chi connectivity index (χ0n) is 8.76. The summed E-state index contributed by atoms with van der Waals surface area (Å²) in [7, 11) is -2.79. The lowest BCUT2D eigenvalue weighted by Gasteiger charge is -2.11. The SMILES string of the molecule is CCCCCS(=O)(=O)CC1(CBr)CC1. The van der Waals surface area contributed by atoms with Gasteiger partial charge in [0.2, 0.25) is 0 Å². The molecule has 4 heteroatoms. The van der Waals surface area contributed by atoms with Gasteiger partial charge in [0, 0.05) is 5.33 Å². The molecular weight excluding hydrogens is 264 g/mol. The number of hydrogen-bond donors (Lipinski definition) is 0. The molecule has 1 rings (SSSR count). The van der Waals surface area contributed by atoms with Crippen LogP contribution in [0.15, 0.2) is 0 Å². The van der Waals surface area contributed by atoms with Crippen LogP contribution in [0.4, 0.5) is 0 Å². The largest absolute Gasteiger partial charge is 0.229 e. The lowest BCUT2D eigenvalue weighted by atomic mass is 10.2. The maximum Gasteiger partial charge on any atom is 0.150 e. The van der Waals surface area contributed by atoms with E-state index in [0.717, 1.165) is 37.4 Å². The van der Waals surface area contributed by atoms with E-state index in [-0.39, 0.29) is 5.41 Å². The first kappa shape index (κ1) is 12.5. The van der Waals surface area contributed by atoms with Crippen LogP contribution in [-0.2, 0) is 9.84 Å². The number of hydrogen-bond acceptors (Lipinski definition) is 2. The Morgan fingerprint density at radius 1 is 1.29 bits per heavy atom. The first-order valence-corrected chi connectivity index (χ1v) is 8.24. The van der Waals surface area contributed by atoms with Crippen LogP contribution in [-0.4, -0.2) is 25.3 Å². The van der Waals surface area contributed by atoms with Crippen molar-refractivity contribution in [3.8, 4) is 0 Å². The molecule has 1 aliphatic carbocycles. The highest BCUT2D eigenvalue weighted by Crippen LogP contribution is 2.48. The van der Waals surface area contributed by atoms with Crippen LogP contribution < -0.4 is 0 Å². The summed E-state index contributed by atoms with van der Waals surface area (Å²) >= 11 is 3.40. The summed E-state index contributed by atoms with van der Waals surface area (Å²) in [5, 5.41) is 0.840. The van der Waals surface area contributed by atoms with E-state index >= 15 is 0 Å². The van der Waals surface area contributed by atoms with Crippen molar-refractivity contribution in [3.63, 3.8) is 0 Å². The van der Waals surface area contributed by atoms with Crippen LogP contribution >= 0.6 is 15.9 Å². The average Bonchev–Trinajstić information content (AvgIpc) is 2.85. The molecule has 0 aromatic rings. The van der Waals surface area contributed by atoms with Crippen LogP contribution in [0.1, 0.15) is 39.0 Å². The molecule has 0 saturated heterocycles. The summed E-state index contributed by atoms with van der Waals surface area (Å²) in [5.41, 5.74) is 0.102. The summed E-state index contributed by atoms with van der Waals surface area (Å²) in [6.07, 6.45) is 5.09. The molecule has 0 N–H and O–H groups in total. The van der Waals surface area contributed by atoms with E-state index < -0.39 is 9.84 Å². The number of rotatable bonds is 7. The van der Waals surface area contributed by atoms with Gasteiger partial charge < -0.3 is 0 Å². The Hall–Kier alpha value is 0.430. The molecule has 0 spiro atoms. The molecule has 84 valence electrons. The first-order valence-electron chi connectivity index (χ1n) is 5.30. The number of alkyl halides is 1. The summed E-state index contributed by atoms with van der Waals surface area (Å²) in [6, 6.07) is 0. The minimum absolute atomic E-state index is 0.102. The lowest BCUT2D eigenvalue weighted by Crippen LogP contribution is -2.21. The van der Waals surface area contributed by atoms with Crippen LogP contribution in [0, 0.1) is 5.41 Å². The van der Waals surface area contributed by atoms with Gasteiger partial charge in [0.05, 0.1) is 11.5 Å². The fraction of sp³-hybridized carbons (Fsp3) is 1.00. The zero-order valence-corrected chi connectivity index (χ0v) is 11.2. The van der Waals surface area contributed by atoms with Crippen molar-refractivity contribution in [1.29, 1.82) is 0 Å². The molecule has 0 atom stereocenters. The third kappa shape index (κ3) is 3.89. The molecule has 2 nitrogen and oxygen atoms in total. The Balaban J connectivity index is 2.34. The molecule has 0 unspecified atom stereocenters. The fourth-order valence-corrected chi connectivity index (χ4v) is 4.74. The minimum atomic E-state index is -2.79. The smallest absolute Gasteiger partial charge is 0.150 e. The molecule has 0 amide bonds. The van der Waals surface area contributed by atoms with Gasteiger partial charge in [0.15, 0.2) is 9.84 Å². The normalized spacial score (nSPS) is 19.6. The Morgan fingerprint density at radius 2 is 1.93 bits per heavy atom. The molecule has 14 heavy (non-hydrogen) atoms. The van der Waals surface area contributed by atoms with Crippen LogP contribution in [0.25, 0.3) is 0 Å². The van der Waals surface area contributed by atoms with E-state index in [9.17, 15) is 8.42 Å². The maximum absolute atomic E-state index is 11.7. The Bertz CT molecular complexity index is 268. The van der Waals surface area contributed by atoms with Crippen LogP contribution in [0.5, 0.6) is 0 Å². The molecule has 0 aromatic carbocycles. The molecule has 1 aliphatic rings. The summed E-state index contributed by atoms with van der Waals surface area (Å²) in [4.78, 5) is 0. The van der Waals surface area contributed by atoms with Gasteiger partial charge in [0.25, 0.3) is 0 Å². The third-order valence-electron chi connectivity index (χ3n) is 2.83. The van der Waals surface area contributed by atoms with Crippen molar-refractivity contribution < 1.29 is 8.42 Å². The van der Waals surface area contributed by atoms with Gasteiger partial charge in [-0.05, 0) is 24.7 Å². The Kier molecular flexibility index (Phi) is 4.44. The van der Waals surface area contributed by atoms with E-state index in [4.69, 9.17) is 0 Å². The Morgan fingerprint density at radius 3 is 2.36 bits per heavy atom. The van der Waals surface area contributed by atoms with Crippen LogP contribution in [0.2, 0.25) is 0 Å². The lowest BCUT2D eigenvalue weighted by molar-refractivity contribution is 0.567. The number of halogens is 1. The molecule has 0 bridgehead atoms. The van der Waals surface area contributed by atoms with Gasteiger partial charge in [-0.2, -0.15) is 0 Å². The first-order chi connectivity index (χ1) is 6.54. The highest BCUT2D eigenvalue weighted by molar-refractivity contribution is 9.09. The summed E-state index contributed by atoms with van der Waals surface area (Å²) in [6.45, 7) is 2.09. The van der Waals surface area contributed by atoms with E-state index in [1.165, 1.54) is 0 Å². The second-order valence-electron chi connectivity index (χ2n) is 4.43. The molecule has 0 aromatic heterocycles. The second-order valence-corrected chi connectivity index (χ2v) is 7.18. The van der Waals surface area contributed by atoms with Crippen molar-refractivity contribution in [3.05, 3.63) is 0 Å². The maximum atomic E-state index is 11.7. The topological polar surface area (TPSA) is 34.1 Å². The molecular formula is C10H19BrO2S. The second kappa shape index (κ2) is 4.97. The van der Waals surface area contributed by atoms with E-state index in [1.807, 2.05) is 0 Å². The van der Waals surface area contributed by atoms with E-state index in [0.29, 0.717) is 11.5 Å². The average molecular weight is 283 g/mol. The van der Waals surface area contributed by atoms with Gasteiger partial charge >= 0.3 is 0 Å². The highest BCUT2D eigenvalue weighted by atomic mass is 79.9. The number of unbranched alkanes of at least 4 members (excludes halogenated alkanes) is 2. The third-order valence-corrected chi connectivity index (χ3v) is 5.98. The van der Waals surface area contributed by atoms with Crippen molar-refractivity contribution in [1.82, 2.24) is 0 Å².